The number of hydrogen-bond donors (Lipinski definition) is 7. The Labute approximate surface area is 531 Å². The maximum Gasteiger partial charge on any atom is 0.332 e. The van der Waals surface area contributed by atoms with Crippen LogP contribution in [0.15, 0.2) is 108 Å². The number of halogens is 7. The molecular weight excluding hydrogens is 1340 g/mol. The number of anilines is 5. The van der Waals surface area contributed by atoms with E-state index in [9.17, 15) is 57.6 Å². The molecule has 88 heavy (non-hydrogen) atoms. The number of carbonyl (C=O) groups excluding carboxylic acids is 4. The zero-order valence-electron chi connectivity index (χ0n) is 46.5. The number of carbonyl (C=O) groups is 4. The summed E-state index contributed by atoms with van der Waals surface area (Å²) >= 11 is 26.0. The number of pyridine rings is 1. The number of thioether (sulfide) groups is 1. The summed E-state index contributed by atoms with van der Waals surface area (Å²) in [6.45, 7) is 6.95. The van der Waals surface area contributed by atoms with Crippen LogP contribution in [0.2, 0.25) is 20.1 Å². The summed E-state index contributed by atoms with van der Waals surface area (Å²) in [5.74, 6) is -6.28. The first-order valence-corrected chi connectivity index (χ1v) is 34.2. The molecule has 0 aliphatic carbocycles. The van der Waals surface area contributed by atoms with E-state index in [-0.39, 0.29) is 72.0 Å². The van der Waals surface area contributed by atoms with E-state index in [1.54, 1.807) is 68.6 Å². The maximum atomic E-state index is 14.9. The van der Waals surface area contributed by atoms with E-state index in [0.717, 1.165) is 40.8 Å². The lowest BCUT2D eigenvalue weighted by atomic mass is 10.1. The second kappa shape index (κ2) is 31.8. The third-order valence-corrected chi connectivity index (χ3v) is 18.6. The molecule has 3 aromatic heterocycles. The number of nitrogens with zero attached hydrogens (tertiary/aromatic N) is 5. The number of benzene rings is 4. The van der Waals surface area contributed by atoms with Crippen molar-refractivity contribution in [2.45, 2.75) is 53.4 Å². The van der Waals surface area contributed by atoms with Crippen LogP contribution in [-0.4, -0.2) is 103 Å². The van der Waals surface area contributed by atoms with Gasteiger partial charge in [0.2, 0.25) is 35.2 Å². The Bertz CT molecular complexity index is 4150. The molecule has 7 N–H and O–H groups in total. The summed E-state index contributed by atoms with van der Waals surface area (Å²) in [5, 5.41) is 20.2. The summed E-state index contributed by atoms with van der Waals surface area (Å²) in [6, 6.07) is 19.7. The second-order valence-electron chi connectivity index (χ2n) is 18.1. The molecule has 0 spiro atoms. The van der Waals surface area contributed by atoms with Gasteiger partial charge in [-0.25, -0.2) is 48.2 Å². The molecule has 1 aliphatic heterocycles. The summed E-state index contributed by atoms with van der Waals surface area (Å²) in [7, 11) is -11.2. The van der Waals surface area contributed by atoms with Crippen molar-refractivity contribution >= 4 is 162 Å². The van der Waals surface area contributed by atoms with Crippen LogP contribution < -0.4 is 35.5 Å². The smallest absolute Gasteiger partial charge is 0.332 e. The lowest BCUT2D eigenvalue weighted by Gasteiger charge is -2.17. The van der Waals surface area contributed by atoms with Crippen LogP contribution in [0.1, 0.15) is 88.6 Å². The van der Waals surface area contributed by atoms with Gasteiger partial charge < -0.3 is 10.1 Å². The molecular formula is C53H53Cl4F3N12O11S5. The predicted octanol–water partition coefficient (Wildman–Crippen LogP) is 10.9. The Balaban J connectivity index is 0.000000211. The number of rotatable bonds is 21. The molecule has 0 bridgehead atoms. The Hall–Kier alpha value is -7.23. The van der Waals surface area contributed by atoms with Gasteiger partial charge >= 0.3 is 5.97 Å². The molecule has 3 amide bonds. The fraction of sp³-hybridized carbons (Fsp3) is 0.245. The van der Waals surface area contributed by atoms with Crippen molar-refractivity contribution in [3.05, 3.63) is 168 Å². The molecule has 1 aliphatic rings. The van der Waals surface area contributed by atoms with Crippen molar-refractivity contribution in [2.24, 2.45) is 5.10 Å². The van der Waals surface area contributed by atoms with Gasteiger partial charge in [-0.1, -0.05) is 108 Å². The van der Waals surface area contributed by atoms with Crippen LogP contribution in [-0.2, 0) is 46.0 Å². The third kappa shape index (κ3) is 19.9. The minimum absolute atomic E-state index is 0.119. The van der Waals surface area contributed by atoms with Crippen molar-refractivity contribution in [3.8, 4) is 0 Å². The average molecular weight is 1390 g/mol. The molecule has 470 valence electrons. The summed E-state index contributed by atoms with van der Waals surface area (Å²) in [5.41, 5.74) is 2.07. The molecule has 0 fully saturated rings. The van der Waals surface area contributed by atoms with E-state index < -0.39 is 87.9 Å². The zero-order valence-corrected chi connectivity index (χ0v) is 53.6. The fourth-order valence-electron chi connectivity index (χ4n) is 7.45. The molecule has 23 nitrogen and oxygen atoms in total. The highest BCUT2D eigenvalue weighted by molar-refractivity contribution is 8.14. The van der Waals surface area contributed by atoms with Crippen molar-refractivity contribution in [1.29, 1.82) is 0 Å². The number of hydrogen-bond acceptors (Lipinski definition) is 18. The average Bonchev–Trinajstić information content (AvgIpc) is 2.34. The standard InChI is InChI=1S/C19H17Cl2FN4O3S2.C17H20ClFN4O5S2.C17H16ClFN4O3S/c1-2-9-31(28,29)26-14-8-7-13(21)16(17(14)22)18(27)23-19-25-24-15(30-19)10-11-3-5-12(20)6-4-11;1-3-7-30(26,27)23-12-6-5-11(18)14(15(12)19)16(25)20-17-22-21-10(9-29-17)8-13(24)28-4-2;1-2-9-27(25,26)22-12-7-6-11(18)15(16(12)19)17(24)21-14-10-20-13-5-3-4-8-23(13)14/h3-8,26H,2,9-10H2,1H3,(H,23,25,27);5-6,8,21,23H,3-4,7,9H2,1-2H3,(H,20,22,25);3-8,10,22H,2,9H2,1H3,(H,21,24)/b;10-8+;. The van der Waals surface area contributed by atoms with E-state index in [1.165, 1.54) is 36.5 Å². The Morgan fingerprint density at radius 2 is 1.14 bits per heavy atom. The summed E-state index contributed by atoms with van der Waals surface area (Å²) in [6.07, 6.45) is 5.89. The second-order valence-corrected chi connectivity index (χ2v) is 27.3. The fourth-order valence-corrected chi connectivity index (χ4v) is 13.2. The topological polar surface area (TPSA) is 320 Å². The molecule has 0 saturated carbocycles. The third-order valence-electron chi connectivity index (χ3n) is 11.2. The number of nitrogens with one attached hydrogen (secondary N) is 7. The van der Waals surface area contributed by atoms with Gasteiger partial charge in [0.15, 0.2) is 22.6 Å². The van der Waals surface area contributed by atoms with Crippen LogP contribution in [0.25, 0.3) is 5.65 Å². The highest BCUT2D eigenvalue weighted by Gasteiger charge is 2.27. The Kier molecular flexibility index (Phi) is 25.2. The molecule has 35 heteroatoms. The van der Waals surface area contributed by atoms with Crippen LogP contribution >= 0.6 is 69.5 Å². The number of fused-ring (bicyclic) bond motifs is 1. The van der Waals surface area contributed by atoms with Crippen LogP contribution in [0.4, 0.5) is 41.2 Å². The van der Waals surface area contributed by atoms with Crippen LogP contribution in [0.5, 0.6) is 0 Å². The van der Waals surface area contributed by atoms with E-state index in [1.807, 2.05) is 12.1 Å². The van der Waals surface area contributed by atoms with Gasteiger partial charge in [0.1, 0.15) is 16.5 Å². The molecule has 7 aromatic rings. The number of hydrazone groups is 1. The molecule has 0 saturated heterocycles. The van der Waals surface area contributed by atoms with Crippen molar-refractivity contribution in [3.63, 3.8) is 0 Å². The molecule has 4 heterocycles. The van der Waals surface area contributed by atoms with Gasteiger partial charge in [-0.2, -0.15) is 5.10 Å². The number of amides is 3. The van der Waals surface area contributed by atoms with Crippen LogP contribution in [0.3, 0.4) is 0 Å². The van der Waals surface area contributed by atoms with Crippen LogP contribution in [0, 0.1) is 17.5 Å². The van der Waals surface area contributed by atoms with Gasteiger partial charge in [0, 0.05) is 29.5 Å². The number of ether oxygens (including phenoxy) is 1. The molecule has 4 aromatic carbocycles. The first-order valence-electron chi connectivity index (χ1n) is 25.9. The summed E-state index contributed by atoms with van der Waals surface area (Å²) in [4.78, 5) is 53.3. The van der Waals surface area contributed by atoms with Gasteiger partial charge in [0.25, 0.3) is 17.7 Å². The quantitative estimate of drug-likeness (QED) is 0.0260. The van der Waals surface area contributed by atoms with Crippen molar-refractivity contribution < 1.29 is 62.3 Å². The number of aromatic nitrogens is 4. The highest BCUT2D eigenvalue weighted by atomic mass is 35.5. The van der Waals surface area contributed by atoms with Gasteiger partial charge in [-0.05, 0) is 92.4 Å². The minimum atomic E-state index is -3.76. The number of esters is 1. The number of amidine groups is 1. The molecule has 0 unspecified atom stereocenters. The SMILES string of the molecule is CCCS(=O)(=O)Nc1ccc(Cl)c(C(=O)NC2=NN/C(=C/C(=O)OCC)CS2)c1F.CCCS(=O)(=O)Nc1ccc(Cl)c(C(=O)Nc2cnc3ccccn23)c1F.CCCS(=O)(=O)Nc1ccc(Cl)c(C(=O)Nc2nnc(Cc3ccc(Cl)cc3)s2)c1F. The van der Waals surface area contributed by atoms with Gasteiger partial charge in [-0.3, -0.25) is 49.0 Å². The normalized spacial score (nSPS) is 12.7. The lowest BCUT2D eigenvalue weighted by Crippen LogP contribution is -2.34. The molecule has 0 radical (unpaired) electrons. The Morgan fingerprint density at radius 3 is 1.60 bits per heavy atom. The monoisotopic (exact) mass is 1390 g/mol. The van der Waals surface area contributed by atoms with E-state index >= 15 is 0 Å². The van der Waals surface area contributed by atoms with E-state index in [0.29, 0.717) is 52.9 Å². The largest absolute Gasteiger partial charge is 0.463 e. The highest BCUT2D eigenvalue weighted by Crippen LogP contribution is 2.31. The first-order chi connectivity index (χ1) is 41.7. The van der Waals surface area contributed by atoms with Gasteiger partial charge in [-0.15, -0.1) is 10.2 Å². The van der Waals surface area contributed by atoms with Crippen molar-refractivity contribution in [1.82, 2.24) is 30.3 Å². The predicted molar refractivity (Wildman–Crippen MR) is 338 cm³/mol. The minimum Gasteiger partial charge on any atom is -0.463 e. The zero-order chi connectivity index (χ0) is 64.5. The number of sulfonamides is 3. The van der Waals surface area contributed by atoms with E-state index in [2.05, 4.69) is 55.8 Å². The first kappa shape index (κ1) is 69.9. The number of imidazole rings is 1. The maximum absolute atomic E-state index is 14.9. The molecule has 8 rings (SSSR count). The molecule has 0 atom stereocenters. The van der Waals surface area contributed by atoms with Gasteiger partial charge in [0.05, 0.1) is 84.6 Å². The Morgan fingerprint density at radius 1 is 0.648 bits per heavy atom. The summed E-state index contributed by atoms with van der Waals surface area (Å²) < 4.78 is 129. The van der Waals surface area contributed by atoms with Crippen molar-refractivity contribution in [2.75, 3.05) is 54.4 Å². The lowest BCUT2D eigenvalue weighted by molar-refractivity contribution is -0.137. The van der Waals surface area contributed by atoms with E-state index in [4.69, 9.17) is 51.1 Å².